The average Bonchev–Trinajstić information content (AvgIpc) is 2.76. The van der Waals surface area contributed by atoms with Gasteiger partial charge in [-0.1, -0.05) is 66.7 Å². The summed E-state index contributed by atoms with van der Waals surface area (Å²) in [7, 11) is 0. The molecular formula is C25H30O3. The molecule has 0 aliphatic carbocycles. The van der Waals surface area contributed by atoms with Crippen molar-refractivity contribution in [3.63, 3.8) is 0 Å². The van der Waals surface area contributed by atoms with E-state index in [1.54, 1.807) is 0 Å². The van der Waals surface area contributed by atoms with Crippen LogP contribution in [0.25, 0.3) is 0 Å². The number of benzene rings is 2. The standard InChI is InChI=1S/C25H30O3/c1-2-22(21-13-7-4-8-14-21)23-15-16-24(25(28-23)17-9-10-18-27-25)26-19-20-11-5-3-6-12-20/h2-8,11-14,22-24H,1,9-10,15-19H2/t22-,23+,24-,25-/m1/s1. The second-order valence-electron chi connectivity index (χ2n) is 7.81. The molecule has 0 unspecified atom stereocenters. The zero-order valence-corrected chi connectivity index (χ0v) is 16.5. The predicted octanol–water partition coefficient (Wildman–Crippen LogP) is 5.62. The molecule has 148 valence electrons. The van der Waals surface area contributed by atoms with Gasteiger partial charge in [0.25, 0.3) is 0 Å². The Morgan fingerprint density at radius 2 is 1.79 bits per heavy atom. The Morgan fingerprint density at radius 3 is 2.46 bits per heavy atom. The van der Waals surface area contributed by atoms with Crippen LogP contribution in [0.2, 0.25) is 0 Å². The van der Waals surface area contributed by atoms with Crippen molar-refractivity contribution in [3.8, 4) is 0 Å². The average molecular weight is 379 g/mol. The molecule has 2 heterocycles. The lowest BCUT2D eigenvalue weighted by Crippen LogP contribution is -2.56. The van der Waals surface area contributed by atoms with Crippen molar-refractivity contribution in [1.29, 1.82) is 0 Å². The Hall–Kier alpha value is -1.94. The van der Waals surface area contributed by atoms with Crippen molar-refractivity contribution in [1.82, 2.24) is 0 Å². The third kappa shape index (κ3) is 4.22. The minimum Gasteiger partial charge on any atom is -0.368 e. The van der Waals surface area contributed by atoms with Gasteiger partial charge in [-0.05, 0) is 36.8 Å². The number of rotatable bonds is 6. The summed E-state index contributed by atoms with van der Waals surface area (Å²) in [5.74, 6) is -0.468. The lowest BCUT2D eigenvalue weighted by Gasteiger charge is -2.49. The third-order valence-electron chi connectivity index (χ3n) is 5.95. The molecule has 2 aromatic rings. The fourth-order valence-corrected chi connectivity index (χ4v) is 4.48. The van der Waals surface area contributed by atoms with E-state index in [0.29, 0.717) is 6.61 Å². The first kappa shape index (κ1) is 19.4. The van der Waals surface area contributed by atoms with E-state index in [1.165, 1.54) is 11.1 Å². The molecular weight excluding hydrogens is 348 g/mol. The van der Waals surface area contributed by atoms with E-state index in [2.05, 4.69) is 43.0 Å². The van der Waals surface area contributed by atoms with Crippen LogP contribution in [0, 0.1) is 0 Å². The summed E-state index contributed by atoms with van der Waals surface area (Å²) in [6, 6.07) is 20.8. The Kier molecular flexibility index (Phi) is 6.26. The molecule has 0 saturated carbocycles. The van der Waals surface area contributed by atoms with Crippen LogP contribution < -0.4 is 0 Å². The van der Waals surface area contributed by atoms with Gasteiger partial charge in [-0.2, -0.15) is 0 Å². The van der Waals surface area contributed by atoms with Gasteiger partial charge in [-0.15, -0.1) is 6.58 Å². The van der Waals surface area contributed by atoms with E-state index in [9.17, 15) is 0 Å². The molecule has 1 spiro atoms. The second kappa shape index (κ2) is 9.04. The zero-order valence-electron chi connectivity index (χ0n) is 16.5. The molecule has 0 bridgehead atoms. The molecule has 0 N–H and O–H groups in total. The molecule has 2 aromatic carbocycles. The van der Waals surface area contributed by atoms with Gasteiger partial charge in [0, 0.05) is 12.3 Å². The third-order valence-corrected chi connectivity index (χ3v) is 5.95. The molecule has 0 aromatic heterocycles. The van der Waals surface area contributed by atoms with Crippen LogP contribution in [0.1, 0.15) is 49.1 Å². The van der Waals surface area contributed by atoms with Gasteiger partial charge in [-0.3, -0.25) is 0 Å². The topological polar surface area (TPSA) is 27.7 Å². The maximum atomic E-state index is 6.70. The van der Waals surface area contributed by atoms with Gasteiger partial charge < -0.3 is 14.2 Å². The highest BCUT2D eigenvalue weighted by atomic mass is 16.7. The van der Waals surface area contributed by atoms with Crippen molar-refractivity contribution in [2.24, 2.45) is 0 Å². The minimum atomic E-state index is -0.633. The monoisotopic (exact) mass is 378 g/mol. The van der Waals surface area contributed by atoms with Crippen LogP contribution in [0.3, 0.4) is 0 Å². The molecule has 2 aliphatic rings. The Balaban J connectivity index is 1.50. The first-order valence-electron chi connectivity index (χ1n) is 10.5. The van der Waals surface area contributed by atoms with Crippen molar-refractivity contribution in [2.45, 2.75) is 62.6 Å². The molecule has 2 aliphatic heterocycles. The van der Waals surface area contributed by atoms with E-state index in [0.717, 1.165) is 38.7 Å². The maximum absolute atomic E-state index is 6.70. The van der Waals surface area contributed by atoms with Gasteiger partial charge in [0.05, 0.1) is 19.3 Å². The predicted molar refractivity (Wildman–Crippen MR) is 111 cm³/mol. The van der Waals surface area contributed by atoms with Crippen LogP contribution in [-0.2, 0) is 20.8 Å². The van der Waals surface area contributed by atoms with E-state index in [4.69, 9.17) is 14.2 Å². The van der Waals surface area contributed by atoms with E-state index < -0.39 is 5.79 Å². The maximum Gasteiger partial charge on any atom is 0.195 e. The number of hydrogen-bond donors (Lipinski definition) is 0. The summed E-state index contributed by atoms with van der Waals surface area (Å²) in [6.07, 6.45) is 7.01. The van der Waals surface area contributed by atoms with Crippen molar-refractivity contribution < 1.29 is 14.2 Å². The van der Waals surface area contributed by atoms with Crippen molar-refractivity contribution in [2.75, 3.05) is 6.61 Å². The van der Waals surface area contributed by atoms with Crippen LogP contribution >= 0.6 is 0 Å². The molecule has 2 fully saturated rings. The van der Waals surface area contributed by atoms with E-state index in [1.807, 2.05) is 30.3 Å². The summed E-state index contributed by atoms with van der Waals surface area (Å²) in [4.78, 5) is 0. The lowest BCUT2D eigenvalue weighted by molar-refractivity contribution is -0.343. The van der Waals surface area contributed by atoms with Gasteiger partial charge in [0.1, 0.15) is 6.10 Å². The first-order valence-corrected chi connectivity index (χ1v) is 10.5. The molecule has 0 amide bonds. The Labute approximate surface area is 168 Å². The molecule has 4 rings (SSSR count). The zero-order chi connectivity index (χ0) is 19.2. The molecule has 0 radical (unpaired) electrons. The Morgan fingerprint density at radius 1 is 1.04 bits per heavy atom. The lowest BCUT2D eigenvalue weighted by atomic mass is 9.84. The van der Waals surface area contributed by atoms with Crippen LogP contribution in [0.15, 0.2) is 73.3 Å². The molecule has 4 atom stereocenters. The number of ether oxygens (including phenoxy) is 3. The first-order chi connectivity index (χ1) is 13.8. The van der Waals surface area contributed by atoms with Crippen molar-refractivity contribution >= 4 is 0 Å². The highest BCUT2D eigenvalue weighted by Crippen LogP contribution is 2.43. The van der Waals surface area contributed by atoms with Crippen LogP contribution in [-0.4, -0.2) is 24.6 Å². The number of hydrogen-bond acceptors (Lipinski definition) is 3. The summed E-state index contributed by atoms with van der Waals surface area (Å²) < 4.78 is 19.3. The van der Waals surface area contributed by atoms with Crippen molar-refractivity contribution in [3.05, 3.63) is 84.4 Å². The van der Waals surface area contributed by atoms with E-state index >= 15 is 0 Å². The summed E-state index contributed by atoms with van der Waals surface area (Å²) >= 11 is 0. The largest absolute Gasteiger partial charge is 0.368 e. The fourth-order valence-electron chi connectivity index (χ4n) is 4.48. The molecule has 3 nitrogen and oxygen atoms in total. The highest BCUT2D eigenvalue weighted by molar-refractivity contribution is 5.25. The quantitative estimate of drug-likeness (QED) is 0.611. The fraction of sp³-hybridized carbons (Fsp3) is 0.440. The molecule has 2 saturated heterocycles. The normalized spacial score (nSPS) is 28.7. The molecule has 28 heavy (non-hydrogen) atoms. The minimum absolute atomic E-state index is 0.0366. The van der Waals surface area contributed by atoms with Gasteiger partial charge in [0.2, 0.25) is 0 Å². The smallest absolute Gasteiger partial charge is 0.195 e. The van der Waals surface area contributed by atoms with Gasteiger partial charge in [0.15, 0.2) is 5.79 Å². The Bertz CT molecular complexity index is 737. The SMILES string of the molecule is C=C[C@H](c1ccccc1)[C@@H]1CC[C@@H](OCc2ccccc2)[C@@]2(CCCCO2)O1. The summed E-state index contributed by atoms with van der Waals surface area (Å²) in [5.41, 5.74) is 2.43. The van der Waals surface area contributed by atoms with Gasteiger partial charge in [-0.25, -0.2) is 0 Å². The van der Waals surface area contributed by atoms with E-state index in [-0.39, 0.29) is 18.1 Å². The summed E-state index contributed by atoms with van der Waals surface area (Å²) in [6.45, 7) is 5.42. The van der Waals surface area contributed by atoms with Gasteiger partial charge >= 0.3 is 0 Å². The highest BCUT2D eigenvalue weighted by Gasteiger charge is 2.49. The molecule has 3 heteroatoms. The van der Waals surface area contributed by atoms with Crippen LogP contribution in [0.4, 0.5) is 0 Å². The second-order valence-corrected chi connectivity index (χ2v) is 7.81. The summed E-state index contributed by atoms with van der Waals surface area (Å²) in [5, 5.41) is 0. The van der Waals surface area contributed by atoms with Crippen LogP contribution in [0.5, 0.6) is 0 Å².